The monoisotopic (exact) mass is 270 g/mol. The Kier molecular flexibility index (Phi) is 3.88. The van der Waals surface area contributed by atoms with Crippen molar-refractivity contribution in [2.45, 2.75) is 18.9 Å². The van der Waals surface area contributed by atoms with Crippen molar-refractivity contribution >= 4 is 0 Å². The summed E-state index contributed by atoms with van der Waals surface area (Å²) < 4.78 is 11.3. The van der Waals surface area contributed by atoms with Crippen LogP contribution in [0.2, 0.25) is 0 Å². The summed E-state index contributed by atoms with van der Waals surface area (Å²) in [7, 11) is 0. The van der Waals surface area contributed by atoms with Crippen LogP contribution >= 0.6 is 0 Å². The number of aliphatic hydroxyl groups excluding tert-OH is 1. The van der Waals surface area contributed by atoms with Crippen molar-refractivity contribution in [3.05, 3.63) is 59.7 Å². The highest BCUT2D eigenvalue weighted by Gasteiger charge is 2.20. The molecule has 2 aromatic carbocycles. The van der Waals surface area contributed by atoms with Gasteiger partial charge in [-0.05, 0) is 48.2 Å². The Balaban J connectivity index is 1.50. The lowest BCUT2D eigenvalue weighted by Gasteiger charge is -2.10. The molecule has 0 saturated heterocycles. The third-order valence-corrected chi connectivity index (χ3v) is 3.52. The van der Waals surface area contributed by atoms with Gasteiger partial charge in [0.05, 0.1) is 6.10 Å². The smallest absolute Gasteiger partial charge is 0.122 e. The summed E-state index contributed by atoms with van der Waals surface area (Å²) in [6.45, 7) is 1.03. The van der Waals surface area contributed by atoms with Crippen LogP contribution in [0.15, 0.2) is 48.5 Å². The Hall–Kier alpha value is -2.00. The quantitative estimate of drug-likeness (QED) is 0.848. The number of ether oxygens (including phenoxy) is 2. The first-order valence-corrected chi connectivity index (χ1v) is 6.94. The minimum atomic E-state index is -0.305. The molecule has 0 radical (unpaired) electrons. The largest absolute Gasteiger partial charge is 0.490 e. The number of fused-ring (bicyclic) bond motifs is 1. The fourth-order valence-electron chi connectivity index (χ4n) is 2.50. The maximum atomic E-state index is 9.75. The summed E-state index contributed by atoms with van der Waals surface area (Å²) in [5, 5.41) is 9.75. The second-order valence-electron chi connectivity index (χ2n) is 4.93. The lowest BCUT2D eigenvalue weighted by Crippen LogP contribution is -2.09. The van der Waals surface area contributed by atoms with E-state index in [1.807, 2.05) is 48.5 Å². The minimum Gasteiger partial charge on any atom is -0.490 e. The highest BCUT2D eigenvalue weighted by atomic mass is 16.5. The van der Waals surface area contributed by atoms with E-state index in [0.29, 0.717) is 13.2 Å². The maximum absolute atomic E-state index is 9.75. The van der Waals surface area contributed by atoms with Gasteiger partial charge in [0.25, 0.3) is 0 Å². The van der Waals surface area contributed by atoms with Gasteiger partial charge in [0.15, 0.2) is 0 Å². The van der Waals surface area contributed by atoms with Crippen molar-refractivity contribution < 1.29 is 14.6 Å². The van der Waals surface area contributed by atoms with E-state index >= 15 is 0 Å². The fourth-order valence-corrected chi connectivity index (χ4v) is 2.50. The number of aliphatic hydroxyl groups is 1. The minimum absolute atomic E-state index is 0.305. The van der Waals surface area contributed by atoms with Gasteiger partial charge in [-0.2, -0.15) is 0 Å². The molecule has 20 heavy (non-hydrogen) atoms. The van der Waals surface area contributed by atoms with E-state index in [1.165, 1.54) is 5.56 Å². The summed E-state index contributed by atoms with van der Waals surface area (Å²) in [6.07, 6.45) is 1.44. The first-order valence-electron chi connectivity index (χ1n) is 6.94. The molecule has 0 fully saturated rings. The Bertz CT molecular complexity index is 566. The second kappa shape index (κ2) is 5.97. The predicted octanol–water partition coefficient (Wildman–Crippen LogP) is 3.12. The maximum Gasteiger partial charge on any atom is 0.122 e. The zero-order valence-electron chi connectivity index (χ0n) is 11.3. The van der Waals surface area contributed by atoms with Crippen LogP contribution in [0.25, 0.3) is 0 Å². The van der Waals surface area contributed by atoms with Crippen molar-refractivity contribution in [3.63, 3.8) is 0 Å². The Morgan fingerprint density at radius 1 is 0.950 bits per heavy atom. The average Bonchev–Trinajstić information content (AvgIpc) is 2.86. The molecule has 1 N–H and O–H groups in total. The fraction of sp³-hybridized carbons (Fsp3) is 0.294. The van der Waals surface area contributed by atoms with Crippen LogP contribution in [0.3, 0.4) is 0 Å². The summed E-state index contributed by atoms with van der Waals surface area (Å²) in [5.74, 6) is 1.70. The third kappa shape index (κ3) is 2.94. The van der Waals surface area contributed by atoms with Crippen LogP contribution in [-0.4, -0.2) is 18.3 Å². The van der Waals surface area contributed by atoms with Crippen LogP contribution in [0.1, 0.15) is 23.7 Å². The van der Waals surface area contributed by atoms with Gasteiger partial charge in [0, 0.05) is 0 Å². The SMILES string of the molecule is OC1CCc2cc(OCCOc3ccccc3)ccc21. The van der Waals surface area contributed by atoms with Crippen molar-refractivity contribution in [3.8, 4) is 11.5 Å². The Morgan fingerprint density at radius 2 is 1.70 bits per heavy atom. The van der Waals surface area contributed by atoms with Crippen molar-refractivity contribution in [1.82, 2.24) is 0 Å². The molecule has 3 rings (SSSR count). The van der Waals surface area contributed by atoms with Gasteiger partial charge in [-0.25, -0.2) is 0 Å². The molecule has 0 aromatic heterocycles. The van der Waals surface area contributed by atoms with Gasteiger partial charge in [0.2, 0.25) is 0 Å². The molecular formula is C17H18O3. The van der Waals surface area contributed by atoms with Crippen LogP contribution < -0.4 is 9.47 Å². The predicted molar refractivity (Wildman–Crippen MR) is 77.2 cm³/mol. The van der Waals surface area contributed by atoms with Gasteiger partial charge in [0.1, 0.15) is 24.7 Å². The summed E-state index contributed by atoms with van der Waals surface area (Å²) >= 11 is 0. The standard InChI is InChI=1S/C17H18O3/c18-17-9-6-13-12-15(7-8-16(13)17)20-11-10-19-14-4-2-1-3-5-14/h1-5,7-8,12,17-18H,6,9-11H2. The molecule has 1 unspecified atom stereocenters. The molecule has 0 amide bonds. The first-order chi connectivity index (χ1) is 9.83. The highest BCUT2D eigenvalue weighted by Crippen LogP contribution is 2.33. The van der Waals surface area contributed by atoms with Crippen LogP contribution in [0, 0.1) is 0 Å². The summed E-state index contributed by atoms with van der Waals surface area (Å²) in [5.41, 5.74) is 2.23. The lowest BCUT2D eigenvalue weighted by molar-refractivity contribution is 0.180. The van der Waals surface area contributed by atoms with E-state index in [2.05, 4.69) is 0 Å². The number of hydrogen-bond acceptors (Lipinski definition) is 3. The van der Waals surface area contributed by atoms with Gasteiger partial charge in [-0.1, -0.05) is 24.3 Å². The van der Waals surface area contributed by atoms with E-state index in [0.717, 1.165) is 29.9 Å². The van der Waals surface area contributed by atoms with Crippen LogP contribution in [0.4, 0.5) is 0 Å². The molecule has 0 heterocycles. The number of aryl methyl sites for hydroxylation is 1. The van der Waals surface area contributed by atoms with Gasteiger partial charge in [-0.15, -0.1) is 0 Å². The van der Waals surface area contributed by atoms with E-state index in [4.69, 9.17) is 9.47 Å². The molecule has 104 valence electrons. The average molecular weight is 270 g/mol. The zero-order valence-corrected chi connectivity index (χ0v) is 11.3. The lowest BCUT2D eigenvalue weighted by atomic mass is 10.1. The Labute approximate surface area is 118 Å². The van der Waals surface area contributed by atoms with Gasteiger partial charge < -0.3 is 14.6 Å². The van der Waals surface area contributed by atoms with E-state index in [9.17, 15) is 5.11 Å². The number of benzene rings is 2. The Morgan fingerprint density at radius 3 is 2.50 bits per heavy atom. The molecule has 1 atom stereocenters. The summed E-state index contributed by atoms with van der Waals surface area (Å²) in [4.78, 5) is 0. The van der Waals surface area contributed by atoms with Gasteiger partial charge in [-0.3, -0.25) is 0 Å². The number of para-hydroxylation sites is 1. The molecule has 0 bridgehead atoms. The van der Waals surface area contributed by atoms with E-state index in [-0.39, 0.29) is 6.10 Å². The van der Waals surface area contributed by atoms with Crippen molar-refractivity contribution in [2.75, 3.05) is 13.2 Å². The second-order valence-corrected chi connectivity index (χ2v) is 4.93. The molecule has 1 aliphatic rings. The molecular weight excluding hydrogens is 252 g/mol. The summed E-state index contributed by atoms with van der Waals surface area (Å²) in [6, 6.07) is 15.6. The first kappa shape index (κ1) is 13.0. The number of rotatable bonds is 5. The highest BCUT2D eigenvalue weighted by molar-refractivity contribution is 5.39. The third-order valence-electron chi connectivity index (χ3n) is 3.52. The molecule has 0 aliphatic heterocycles. The van der Waals surface area contributed by atoms with Crippen LogP contribution in [0.5, 0.6) is 11.5 Å². The molecule has 1 aliphatic carbocycles. The number of hydrogen-bond donors (Lipinski definition) is 1. The topological polar surface area (TPSA) is 38.7 Å². The van der Waals surface area contributed by atoms with Crippen molar-refractivity contribution in [2.24, 2.45) is 0 Å². The van der Waals surface area contributed by atoms with E-state index < -0.39 is 0 Å². The van der Waals surface area contributed by atoms with Gasteiger partial charge >= 0.3 is 0 Å². The van der Waals surface area contributed by atoms with Crippen LogP contribution in [-0.2, 0) is 6.42 Å². The molecule has 0 spiro atoms. The molecule has 0 saturated carbocycles. The van der Waals surface area contributed by atoms with Crippen molar-refractivity contribution in [1.29, 1.82) is 0 Å². The van der Waals surface area contributed by atoms with E-state index in [1.54, 1.807) is 0 Å². The zero-order chi connectivity index (χ0) is 13.8. The normalized spacial score (nSPS) is 16.8. The molecule has 2 aromatic rings. The molecule has 3 nitrogen and oxygen atoms in total. The molecule has 3 heteroatoms.